The van der Waals surface area contributed by atoms with Crippen LogP contribution in [0.5, 0.6) is 0 Å². The molecule has 0 aliphatic carbocycles. The fraction of sp³-hybridized carbons (Fsp3) is 0.750. The van der Waals surface area contributed by atoms with Crippen molar-refractivity contribution in [3.8, 4) is 0 Å². The largest absolute Gasteiger partial charge is 0.370 e. The van der Waals surface area contributed by atoms with Gasteiger partial charge in [0, 0.05) is 19.3 Å². The molecule has 3 N–H and O–H groups in total. The van der Waals surface area contributed by atoms with Gasteiger partial charge in [0.05, 0.1) is 12.7 Å². The van der Waals surface area contributed by atoms with E-state index >= 15 is 0 Å². The van der Waals surface area contributed by atoms with Crippen LogP contribution in [-0.2, 0) is 13.8 Å². The summed E-state index contributed by atoms with van der Waals surface area (Å²) < 4.78 is 24.2. The Balaban J connectivity index is 1.93. The normalized spacial score (nSPS) is 31.0. The van der Waals surface area contributed by atoms with Crippen LogP contribution in [0, 0.1) is 0 Å². The third kappa shape index (κ3) is 4.28. The summed E-state index contributed by atoms with van der Waals surface area (Å²) in [6, 6.07) is -0.423. The molecule has 10 heteroatoms. The van der Waals surface area contributed by atoms with E-state index in [0.29, 0.717) is 18.7 Å². The molecular weight excluding hydrogens is 311 g/mol. The van der Waals surface area contributed by atoms with Gasteiger partial charge >= 0.3 is 6.03 Å². The number of ether oxygens (including phenoxy) is 1. The number of hydrogen-bond donors (Lipinski definition) is 3. The quantitative estimate of drug-likeness (QED) is 0.583. The number of morpholine rings is 1. The van der Waals surface area contributed by atoms with E-state index in [4.69, 9.17) is 9.26 Å². The van der Waals surface area contributed by atoms with Gasteiger partial charge in [-0.3, -0.25) is 9.46 Å². The predicted molar refractivity (Wildman–Crippen MR) is 80.3 cm³/mol. The maximum Gasteiger partial charge on any atom is 0.325 e. The fourth-order valence-corrected chi connectivity index (χ4v) is 2.70. The first-order chi connectivity index (χ1) is 10.4. The highest BCUT2D eigenvalue weighted by Crippen LogP contribution is 2.25. The first-order valence-electron chi connectivity index (χ1n) is 7.04. The van der Waals surface area contributed by atoms with Crippen molar-refractivity contribution in [1.29, 1.82) is 0 Å². The predicted octanol–water partition coefficient (Wildman–Crippen LogP) is -0.484. The number of urea groups is 1. The Hall–Kier alpha value is -0.960. The van der Waals surface area contributed by atoms with Crippen molar-refractivity contribution in [2.45, 2.75) is 25.5 Å². The number of nitrogens with zero attached hydrogens (tertiary/aromatic N) is 2. The maximum absolute atomic E-state index is 11.9. The third-order valence-corrected chi connectivity index (χ3v) is 4.52. The summed E-state index contributed by atoms with van der Waals surface area (Å²) in [6.45, 7) is 2.92. The van der Waals surface area contributed by atoms with Gasteiger partial charge in [0.1, 0.15) is 0 Å². The Morgan fingerprint density at radius 1 is 1.55 bits per heavy atom. The van der Waals surface area contributed by atoms with Crippen LogP contribution < -0.4 is 10.6 Å². The molecule has 2 amide bonds. The van der Waals surface area contributed by atoms with Crippen LogP contribution in [0.2, 0.25) is 0 Å². The average molecular weight is 334 g/mol. The molecule has 0 aromatic rings. The minimum atomic E-state index is -2.24. The summed E-state index contributed by atoms with van der Waals surface area (Å²) in [6.07, 6.45) is -0.209. The molecule has 4 atom stereocenters. The molecule has 0 saturated carbocycles. The summed E-state index contributed by atoms with van der Waals surface area (Å²) >= 11 is 0. The standard InChI is InChI=1S/C12H23N4O5P/c1-8-6-16(12(18)14-11(8)17)10-5-13-4-9(21-10)7-20-22(19)15(2)3/h6,9-11,13,17,22H,4-5,7H2,1-3H3,(H,14,18)/t9-,10+,11?/m0/s1. The molecular formula is C12H23N4O5P. The van der Waals surface area contributed by atoms with Gasteiger partial charge in [0.15, 0.2) is 12.5 Å². The number of amides is 2. The van der Waals surface area contributed by atoms with E-state index in [2.05, 4.69) is 10.6 Å². The topological polar surface area (TPSA) is 103 Å². The lowest BCUT2D eigenvalue weighted by molar-refractivity contribution is -0.102. The van der Waals surface area contributed by atoms with E-state index in [1.165, 1.54) is 9.57 Å². The van der Waals surface area contributed by atoms with Crippen LogP contribution in [0.4, 0.5) is 4.79 Å². The minimum Gasteiger partial charge on any atom is -0.370 e. The molecule has 2 unspecified atom stereocenters. The molecule has 0 aromatic heterocycles. The molecule has 22 heavy (non-hydrogen) atoms. The van der Waals surface area contributed by atoms with Gasteiger partial charge in [0.2, 0.25) is 0 Å². The smallest absolute Gasteiger partial charge is 0.325 e. The van der Waals surface area contributed by atoms with Gasteiger partial charge in [-0.1, -0.05) is 0 Å². The second-order valence-corrected chi connectivity index (χ2v) is 7.19. The number of hydrogen-bond acceptors (Lipinski definition) is 6. The highest BCUT2D eigenvalue weighted by atomic mass is 31.1. The van der Waals surface area contributed by atoms with Gasteiger partial charge < -0.3 is 25.0 Å². The van der Waals surface area contributed by atoms with Gasteiger partial charge in [-0.15, -0.1) is 0 Å². The van der Waals surface area contributed by atoms with Crippen molar-refractivity contribution in [2.24, 2.45) is 0 Å². The summed E-state index contributed by atoms with van der Waals surface area (Å²) in [5.41, 5.74) is 0.624. The molecule has 0 bridgehead atoms. The summed E-state index contributed by atoms with van der Waals surface area (Å²) in [5.74, 6) is 0. The molecule has 0 aromatic carbocycles. The highest BCUT2D eigenvalue weighted by Gasteiger charge is 2.33. The summed E-state index contributed by atoms with van der Waals surface area (Å²) in [5, 5.41) is 15.2. The lowest BCUT2D eigenvalue weighted by Crippen LogP contribution is -2.58. The molecule has 126 valence electrons. The minimum absolute atomic E-state index is 0.181. The van der Waals surface area contributed by atoms with Crippen molar-refractivity contribution in [3.05, 3.63) is 11.8 Å². The van der Waals surface area contributed by atoms with Gasteiger partial charge in [-0.05, 0) is 26.6 Å². The number of nitrogens with one attached hydrogen (secondary N) is 2. The average Bonchev–Trinajstić information content (AvgIpc) is 2.48. The molecule has 2 aliphatic heterocycles. The van der Waals surface area contributed by atoms with Crippen molar-refractivity contribution in [3.63, 3.8) is 0 Å². The number of carbonyl (C=O) groups is 1. The molecule has 1 saturated heterocycles. The van der Waals surface area contributed by atoms with Gasteiger partial charge in [-0.2, -0.15) is 0 Å². The van der Waals surface area contributed by atoms with Crippen LogP contribution in [-0.4, -0.2) is 73.1 Å². The Labute approximate surface area is 130 Å². The van der Waals surface area contributed by atoms with E-state index in [-0.39, 0.29) is 12.7 Å². The number of aliphatic hydroxyl groups excluding tert-OH is 1. The third-order valence-electron chi connectivity index (χ3n) is 3.38. The van der Waals surface area contributed by atoms with Crippen LogP contribution in [0.15, 0.2) is 11.8 Å². The van der Waals surface area contributed by atoms with Crippen LogP contribution in [0.1, 0.15) is 6.92 Å². The zero-order valence-electron chi connectivity index (χ0n) is 12.9. The molecule has 1 fully saturated rings. The van der Waals surface area contributed by atoms with Crippen LogP contribution in [0.3, 0.4) is 0 Å². The lowest BCUT2D eigenvalue weighted by atomic mass is 10.2. The second kappa shape index (κ2) is 7.54. The monoisotopic (exact) mass is 334 g/mol. The molecule has 2 rings (SSSR count). The van der Waals surface area contributed by atoms with E-state index in [1.807, 2.05) is 0 Å². The molecule has 0 spiro atoms. The maximum atomic E-state index is 11.9. The summed E-state index contributed by atoms with van der Waals surface area (Å²) in [4.78, 5) is 13.3. The van der Waals surface area contributed by atoms with Crippen molar-refractivity contribution < 1.29 is 23.7 Å². The number of carbonyl (C=O) groups excluding carboxylic acids is 1. The Morgan fingerprint density at radius 3 is 2.95 bits per heavy atom. The van der Waals surface area contributed by atoms with Crippen molar-refractivity contribution >= 4 is 14.2 Å². The van der Waals surface area contributed by atoms with Gasteiger partial charge in [0.25, 0.3) is 8.18 Å². The van der Waals surface area contributed by atoms with Gasteiger partial charge in [-0.25, -0.2) is 9.46 Å². The van der Waals surface area contributed by atoms with Crippen molar-refractivity contribution in [1.82, 2.24) is 20.2 Å². The molecule has 9 nitrogen and oxygen atoms in total. The first-order valence-corrected chi connectivity index (χ1v) is 8.30. The van der Waals surface area contributed by atoms with E-state index < -0.39 is 26.7 Å². The van der Waals surface area contributed by atoms with E-state index in [9.17, 15) is 14.5 Å². The summed E-state index contributed by atoms with van der Waals surface area (Å²) in [7, 11) is 1.13. The Bertz CT molecular complexity index is 472. The van der Waals surface area contributed by atoms with Crippen LogP contribution >= 0.6 is 8.18 Å². The molecule has 0 radical (unpaired) electrons. The highest BCUT2D eigenvalue weighted by molar-refractivity contribution is 7.36. The Morgan fingerprint density at radius 2 is 2.27 bits per heavy atom. The molecule has 2 heterocycles. The fourth-order valence-electron chi connectivity index (χ4n) is 2.11. The van der Waals surface area contributed by atoms with E-state index in [1.54, 1.807) is 27.2 Å². The lowest BCUT2D eigenvalue weighted by Gasteiger charge is -2.38. The first kappa shape index (κ1) is 17.4. The SMILES string of the molecule is CC1=CN([C@H]2CNC[C@@H](CO[PH](=O)N(C)C)O2)C(=O)NC1O. The van der Waals surface area contributed by atoms with Crippen molar-refractivity contribution in [2.75, 3.05) is 33.8 Å². The van der Waals surface area contributed by atoms with Crippen LogP contribution in [0.25, 0.3) is 0 Å². The second-order valence-electron chi connectivity index (χ2n) is 5.47. The zero-order valence-corrected chi connectivity index (χ0v) is 13.9. The number of rotatable bonds is 5. The Kier molecular flexibility index (Phi) is 5.96. The molecule has 2 aliphatic rings. The number of aliphatic hydroxyl groups is 1. The van der Waals surface area contributed by atoms with E-state index in [0.717, 1.165) is 0 Å². The zero-order chi connectivity index (χ0) is 16.3.